The first-order chi connectivity index (χ1) is 19.0. The van der Waals surface area contributed by atoms with E-state index in [9.17, 15) is 4.79 Å². The summed E-state index contributed by atoms with van der Waals surface area (Å²) in [4.78, 5) is 18.1. The number of allylic oxidation sites excluding steroid dienone is 1. The molecule has 200 valence electrons. The van der Waals surface area contributed by atoms with Crippen molar-refractivity contribution in [2.75, 3.05) is 23.8 Å². The Kier molecular flexibility index (Phi) is 7.63. The number of benzene rings is 3. The highest BCUT2D eigenvalue weighted by atomic mass is 16.5. The van der Waals surface area contributed by atoms with Crippen LogP contribution < -0.4 is 20.1 Å². The predicted molar refractivity (Wildman–Crippen MR) is 152 cm³/mol. The van der Waals surface area contributed by atoms with Crippen LogP contribution in [0.1, 0.15) is 42.1 Å². The summed E-state index contributed by atoms with van der Waals surface area (Å²) in [6.07, 6.45) is 2.27. The van der Waals surface area contributed by atoms with E-state index in [0.29, 0.717) is 41.9 Å². The molecule has 0 radical (unpaired) electrons. The largest absolute Gasteiger partial charge is 0.490 e. The average Bonchev–Trinajstić information content (AvgIpc) is 3.40. The number of hydrogen-bond donors (Lipinski definition) is 2. The highest BCUT2D eigenvalue weighted by Gasteiger charge is 2.34. The van der Waals surface area contributed by atoms with Crippen molar-refractivity contribution in [1.29, 1.82) is 0 Å². The van der Waals surface area contributed by atoms with E-state index in [-0.39, 0.29) is 5.91 Å². The molecule has 0 saturated carbocycles. The van der Waals surface area contributed by atoms with Crippen LogP contribution in [0.3, 0.4) is 0 Å². The Labute approximate surface area is 228 Å². The number of amides is 1. The summed E-state index contributed by atoms with van der Waals surface area (Å²) in [6.45, 7) is 8.85. The van der Waals surface area contributed by atoms with Crippen LogP contribution >= 0.6 is 0 Å². The number of nitrogens with one attached hydrogen (secondary N) is 2. The van der Waals surface area contributed by atoms with Gasteiger partial charge in [0, 0.05) is 17.8 Å². The Balaban J connectivity index is 1.46. The monoisotopic (exact) mass is 523 g/mol. The van der Waals surface area contributed by atoms with Crippen molar-refractivity contribution in [3.63, 3.8) is 0 Å². The second-order valence-electron chi connectivity index (χ2n) is 9.52. The lowest BCUT2D eigenvalue weighted by Crippen LogP contribution is -2.31. The highest BCUT2D eigenvalue weighted by Crippen LogP contribution is 2.39. The van der Waals surface area contributed by atoms with Crippen LogP contribution in [0.15, 0.2) is 84.3 Å². The second kappa shape index (κ2) is 11.4. The lowest BCUT2D eigenvalue weighted by molar-refractivity contribution is -0.113. The number of carbonyl (C=O) groups excluding carboxylic acids is 1. The van der Waals surface area contributed by atoms with Crippen molar-refractivity contribution in [2.24, 2.45) is 0 Å². The SMILES string of the molecule is CCOc1cc(C2C(C(=O)Nc3cccc(C)c3C)=C(C)Nc3ncnn32)ccc1OCCc1ccccc1. The van der Waals surface area contributed by atoms with Crippen LogP contribution in [-0.4, -0.2) is 33.9 Å². The maximum atomic E-state index is 13.8. The molecule has 1 aromatic heterocycles. The maximum absolute atomic E-state index is 13.8. The molecular weight excluding hydrogens is 490 g/mol. The Morgan fingerprint density at radius 2 is 1.82 bits per heavy atom. The van der Waals surface area contributed by atoms with E-state index in [1.165, 1.54) is 11.9 Å². The fourth-order valence-electron chi connectivity index (χ4n) is 4.78. The standard InChI is InChI=1S/C31H33N5O3/c1-5-38-27-18-24(14-15-26(27)39-17-16-23-11-7-6-8-12-23)29-28(22(4)34-31-32-19-33-36(29)31)30(37)35-25-13-9-10-20(2)21(25)3/h6-15,18-19,29H,5,16-17H2,1-4H3,(H,35,37)(H,32,33,34). The van der Waals surface area contributed by atoms with Gasteiger partial charge in [-0.05, 0) is 68.1 Å². The predicted octanol–water partition coefficient (Wildman–Crippen LogP) is 5.84. The molecule has 1 unspecified atom stereocenters. The van der Waals surface area contributed by atoms with Crippen LogP contribution in [-0.2, 0) is 11.2 Å². The number of aryl methyl sites for hydroxylation is 1. The summed E-state index contributed by atoms with van der Waals surface area (Å²) in [7, 11) is 0. The Hall–Kier alpha value is -4.59. The summed E-state index contributed by atoms with van der Waals surface area (Å²) in [6, 6.07) is 21.4. The molecule has 0 fully saturated rings. The maximum Gasteiger partial charge on any atom is 0.255 e. The molecule has 2 heterocycles. The molecule has 0 bridgehead atoms. The van der Waals surface area contributed by atoms with E-state index < -0.39 is 6.04 Å². The third-order valence-corrected chi connectivity index (χ3v) is 6.97. The molecule has 1 atom stereocenters. The smallest absolute Gasteiger partial charge is 0.255 e. The first kappa shape index (κ1) is 26.0. The van der Waals surface area contributed by atoms with Gasteiger partial charge in [-0.1, -0.05) is 48.5 Å². The Morgan fingerprint density at radius 3 is 2.62 bits per heavy atom. The number of carbonyl (C=O) groups is 1. The Bertz CT molecular complexity index is 1510. The number of nitrogens with zero attached hydrogens (tertiary/aromatic N) is 3. The van der Waals surface area contributed by atoms with Crippen molar-refractivity contribution in [3.8, 4) is 11.5 Å². The number of fused-ring (bicyclic) bond motifs is 1. The fraction of sp³-hybridized carbons (Fsp3) is 0.258. The van der Waals surface area contributed by atoms with Crippen LogP contribution in [0.25, 0.3) is 0 Å². The molecule has 0 aliphatic carbocycles. The van der Waals surface area contributed by atoms with Crippen molar-refractivity contribution < 1.29 is 14.3 Å². The van der Waals surface area contributed by atoms with E-state index in [1.54, 1.807) is 4.68 Å². The van der Waals surface area contributed by atoms with Gasteiger partial charge in [0.15, 0.2) is 11.5 Å². The van der Waals surface area contributed by atoms with Crippen LogP contribution in [0.5, 0.6) is 11.5 Å². The van der Waals surface area contributed by atoms with E-state index in [0.717, 1.165) is 28.8 Å². The lowest BCUT2D eigenvalue weighted by Gasteiger charge is -2.29. The molecule has 1 aliphatic heterocycles. The third-order valence-electron chi connectivity index (χ3n) is 6.97. The van der Waals surface area contributed by atoms with Gasteiger partial charge < -0.3 is 20.1 Å². The number of hydrogen-bond acceptors (Lipinski definition) is 6. The van der Waals surface area contributed by atoms with E-state index in [1.807, 2.05) is 82.3 Å². The minimum absolute atomic E-state index is 0.207. The average molecular weight is 524 g/mol. The van der Waals surface area contributed by atoms with Gasteiger partial charge in [0.25, 0.3) is 5.91 Å². The quantitative estimate of drug-likeness (QED) is 0.286. The van der Waals surface area contributed by atoms with Gasteiger partial charge in [-0.15, -0.1) is 0 Å². The van der Waals surface area contributed by atoms with Gasteiger partial charge in [0.1, 0.15) is 12.4 Å². The minimum Gasteiger partial charge on any atom is -0.490 e. The fourth-order valence-corrected chi connectivity index (χ4v) is 4.78. The van der Waals surface area contributed by atoms with Gasteiger partial charge in [-0.25, -0.2) is 4.68 Å². The molecule has 5 rings (SSSR count). The van der Waals surface area contributed by atoms with Crippen molar-refractivity contribution in [1.82, 2.24) is 14.8 Å². The van der Waals surface area contributed by atoms with E-state index in [4.69, 9.17) is 9.47 Å². The van der Waals surface area contributed by atoms with E-state index in [2.05, 4.69) is 32.8 Å². The number of anilines is 2. The highest BCUT2D eigenvalue weighted by molar-refractivity contribution is 6.06. The Morgan fingerprint density at radius 1 is 1.00 bits per heavy atom. The van der Waals surface area contributed by atoms with E-state index >= 15 is 0 Å². The van der Waals surface area contributed by atoms with Crippen molar-refractivity contribution >= 4 is 17.5 Å². The molecule has 0 spiro atoms. The molecule has 8 heteroatoms. The van der Waals surface area contributed by atoms with Gasteiger partial charge >= 0.3 is 0 Å². The van der Waals surface area contributed by atoms with Crippen LogP contribution in [0.2, 0.25) is 0 Å². The molecule has 8 nitrogen and oxygen atoms in total. The molecule has 2 N–H and O–H groups in total. The van der Waals surface area contributed by atoms with Gasteiger partial charge in [0.05, 0.1) is 18.8 Å². The normalized spacial score (nSPS) is 14.4. The van der Waals surface area contributed by atoms with Gasteiger partial charge in [-0.2, -0.15) is 10.1 Å². The molecule has 3 aromatic carbocycles. The molecule has 4 aromatic rings. The first-order valence-electron chi connectivity index (χ1n) is 13.1. The van der Waals surface area contributed by atoms with Gasteiger partial charge in [0.2, 0.25) is 5.95 Å². The number of aromatic nitrogens is 3. The lowest BCUT2D eigenvalue weighted by atomic mass is 9.94. The van der Waals surface area contributed by atoms with Crippen molar-refractivity contribution in [3.05, 3.63) is 107 Å². The zero-order chi connectivity index (χ0) is 27.4. The second-order valence-corrected chi connectivity index (χ2v) is 9.52. The number of ether oxygens (including phenoxy) is 2. The molecule has 0 saturated heterocycles. The summed E-state index contributed by atoms with van der Waals surface area (Å²) < 4.78 is 13.8. The molecule has 1 aliphatic rings. The molecule has 1 amide bonds. The number of rotatable bonds is 9. The summed E-state index contributed by atoms with van der Waals surface area (Å²) in [5, 5.41) is 10.8. The topological polar surface area (TPSA) is 90.3 Å². The molecule has 39 heavy (non-hydrogen) atoms. The van der Waals surface area contributed by atoms with Crippen LogP contribution in [0, 0.1) is 13.8 Å². The summed E-state index contributed by atoms with van der Waals surface area (Å²) in [5.41, 5.74) is 6.23. The van der Waals surface area contributed by atoms with Gasteiger partial charge in [-0.3, -0.25) is 4.79 Å². The third kappa shape index (κ3) is 5.50. The molecular formula is C31H33N5O3. The zero-order valence-electron chi connectivity index (χ0n) is 22.7. The van der Waals surface area contributed by atoms with Crippen LogP contribution in [0.4, 0.5) is 11.6 Å². The first-order valence-corrected chi connectivity index (χ1v) is 13.1. The minimum atomic E-state index is -0.508. The van der Waals surface area contributed by atoms with Crippen molar-refractivity contribution in [2.45, 2.75) is 40.2 Å². The zero-order valence-corrected chi connectivity index (χ0v) is 22.7. The summed E-state index contributed by atoms with van der Waals surface area (Å²) >= 11 is 0. The summed E-state index contributed by atoms with van der Waals surface area (Å²) in [5.74, 6) is 1.64.